The van der Waals surface area contributed by atoms with Gasteiger partial charge in [0.2, 0.25) is 0 Å². The maximum absolute atomic E-state index is 12.1. The Morgan fingerprint density at radius 3 is 2.70 bits per heavy atom. The minimum atomic E-state index is 0.0636. The number of carbonyl (C=O) groups is 1. The van der Waals surface area contributed by atoms with Gasteiger partial charge in [-0.05, 0) is 63.2 Å². The molecule has 128 valence electrons. The van der Waals surface area contributed by atoms with Crippen LogP contribution < -0.4 is 5.32 Å². The first-order valence-electron chi connectivity index (χ1n) is 8.50. The van der Waals surface area contributed by atoms with Crippen molar-refractivity contribution in [3.63, 3.8) is 0 Å². The third-order valence-electron chi connectivity index (χ3n) is 4.33. The van der Waals surface area contributed by atoms with Crippen molar-refractivity contribution in [3.8, 4) is 0 Å². The molecule has 1 aliphatic rings. The van der Waals surface area contributed by atoms with Crippen LogP contribution in [-0.2, 0) is 0 Å². The molecule has 1 saturated heterocycles. The lowest BCUT2D eigenvalue weighted by Gasteiger charge is -2.31. The van der Waals surface area contributed by atoms with Gasteiger partial charge in [-0.1, -0.05) is 18.2 Å². The van der Waals surface area contributed by atoms with Crippen molar-refractivity contribution >= 4 is 17.8 Å². The van der Waals surface area contributed by atoms with E-state index in [1.807, 2.05) is 29.8 Å². The van der Waals surface area contributed by atoms with Crippen molar-refractivity contribution in [1.82, 2.24) is 15.1 Å². The molecule has 1 aromatic rings. The first kappa shape index (κ1) is 18.1. The average Bonchev–Trinajstić information content (AvgIpc) is 2.57. The highest BCUT2D eigenvalue weighted by Crippen LogP contribution is 2.18. The second-order valence-electron chi connectivity index (χ2n) is 6.37. The summed E-state index contributed by atoms with van der Waals surface area (Å²) in [5, 5.41) is 3.03. The summed E-state index contributed by atoms with van der Waals surface area (Å²) in [7, 11) is 4.08. The molecule has 0 unspecified atom stereocenters. The molecule has 0 spiro atoms. The molecule has 5 heteroatoms. The van der Waals surface area contributed by atoms with Gasteiger partial charge in [0.15, 0.2) is 0 Å². The van der Waals surface area contributed by atoms with E-state index in [2.05, 4.69) is 41.5 Å². The predicted molar refractivity (Wildman–Crippen MR) is 98.0 cm³/mol. The maximum Gasteiger partial charge on any atom is 0.317 e. The zero-order chi connectivity index (χ0) is 16.5. The molecule has 2 amide bonds. The molecular weight excluding hydrogens is 306 g/mol. The highest BCUT2D eigenvalue weighted by Gasteiger charge is 2.19. The van der Waals surface area contributed by atoms with Crippen LogP contribution in [0.2, 0.25) is 0 Å². The number of hydrogen-bond acceptors (Lipinski definition) is 3. The zero-order valence-corrected chi connectivity index (χ0v) is 15.1. The lowest BCUT2D eigenvalue weighted by Crippen LogP contribution is -2.42. The number of carbonyl (C=O) groups excluding carboxylic acids is 1. The Kier molecular flexibility index (Phi) is 7.76. The molecule has 0 radical (unpaired) electrons. The topological polar surface area (TPSA) is 35.6 Å². The number of piperidine rings is 1. The number of amides is 2. The molecule has 0 atom stereocenters. The summed E-state index contributed by atoms with van der Waals surface area (Å²) >= 11 is 1.84. The summed E-state index contributed by atoms with van der Waals surface area (Å²) in [6.07, 6.45) is 3.39. The minimum absolute atomic E-state index is 0.0636. The number of hydrogen-bond donors (Lipinski definition) is 1. The van der Waals surface area contributed by atoms with E-state index in [-0.39, 0.29) is 6.03 Å². The minimum Gasteiger partial charge on any atom is -0.338 e. The highest BCUT2D eigenvalue weighted by molar-refractivity contribution is 7.99. The van der Waals surface area contributed by atoms with Crippen LogP contribution in [0, 0.1) is 5.92 Å². The standard InChI is InChI=1S/C18H29N3OS/c1-20-12-9-16(10-13-20)15-21(2)18(22)19-11-6-14-23-17-7-4-3-5-8-17/h3-5,7-8,16H,6,9-15H2,1-2H3,(H,19,22). The zero-order valence-electron chi connectivity index (χ0n) is 14.3. The molecule has 0 aromatic heterocycles. The van der Waals surface area contributed by atoms with E-state index in [9.17, 15) is 4.79 Å². The van der Waals surface area contributed by atoms with Crippen molar-refractivity contribution < 1.29 is 4.79 Å². The quantitative estimate of drug-likeness (QED) is 0.614. The molecule has 1 aliphatic heterocycles. The van der Waals surface area contributed by atoms with Gasteiger partial charge >= 0.3 is 6.03 Å². The average molecular weight is 336 g/mol. The number of rotatable bonds is 7. The van der Waals surface area contributed by atoms with Gasteiger partial charge in [-0.3, -0.25) is 0 Å². The van der Waals surface area contributed by atoms with Crippen molar-refractivity contribution in [2.24, 2.45) is 5.92 Å². The van der Waals surface area contributed by atoms with E-state index in [1.54, 1.807) is 0 Å². The number of likely N-dealkylation sites (tertiary alicyclic amines) is 1. The second-order valence-corrected chi connectivity index (χ2v) is 7.54. The number of nitrogens with zero attached hydrogens (tertiary/aromatic N) is 2. The van der Waals surface area contributed by atoms with Crippen molar-refractivity contribution in [2.45, 2.75) is 24.2 Å². The summed E-state index contributed by atoms with van der Waals surface area (Å²) < 4.78 is 0. The monoisotopic (exact) mass is 335 g/mol. The van der Waals surface area contributed by atoms with Gasteiger partial charge in [-0.15, -0.1) is 11.8 Å². The van der Waals surface area contributed by atoms with Crippen molar-refractivity contribution in [2.75, 3.05) is 46.0 Å². The number of nitrogens with one attached hydrogen (secondary N) is 1. The number of urea groups is 1. The van der Waals surface area contributed by atoms with Gasteiger partial charge in [0.05, 0.1) is 0 Å². The van der Waals surface area contributed by atoms with E-state index in [0.29, 0.717) is 5.92 Å². The third kappa shape index (κ3) is 6.83. The van der Waals surface area contributed by atoms with Crippen LogP contribution in [0.25, 0.3) is 0 Å². The van der Waals surface area contributed by atoms with Crippen LogP contribution in [-0.4, -0.2) is 61.9 Å². The van der Waals surface area contributed by atoms with Crippen molar-refractivity contribution in [3.05, 3.63) is 30.3 Å². The molecule has 4 nitrogen and oxygen atoms in total. The molecule has 1 N–H and O–H groups in total. The lowest BCUT2D eigenvalue weighted by molar-refractivity contribution is 0.170. The fourth-order valence-electron chi connectivity index (χ4n) is 2.82. The van der Waals surface area contributed by atoms with Gasteiger partial charge in [0.25, 0.3) is 0 Å². The molecule has 23 heavy (non-hydrogen) atoms. The van der Waals surface area contributed by atoms with Gasteiger partial charge in [0.1, 0.15) is 0 Å². The molecule has 0 saturated carbocycles. The fourth-order valence-corrected chi connectivity index (χ4v) is 3.70. The normalized spacial score (nSPS) is 16.3. The molecule has 2 rings (SSSR count). The van der Waals surface area contributed by atoms with Crippen LogP contribution in [0.4, 0.5) is 4.79 Å². The Labute approximate surface area is 144 Å². The fraction of sp³-hybridized carbons (Fsp3) is 0.611. The van der Waals surface area contributed by atoms with Crippen LogP contribution in [0.5, 0.6) is 0 Å². The molecule has 0 bridgehead atoms. The first-order chi connectivity index (χ1) is 11.1. The number of thioether (sulfide) groups is 1. The van der Waals surface area contributed by atoms with Crippen LogP contribution in [0.1, 0.15) is 19.3 Å². The summed E-state index contributed by atoms with van der Waals surface area (Å²) in [6, 6.07) is 10.5. The summed E-state index contributed by atoms with van der Waals surface area (Å²) in [5.41, 5.74) is 0. The lowest BCUT2D eigenvalue weighted by atomic mass is 9.97. The van der Waals surface area contributed by atoms with Crippen LogP contribution in [0.3, 0.4) is 0 Å². The molecule has 0 aliphatic carbocycles. The highest BCUT2D eigenvalue weighted by atomic mass is 32.2. The largest absolute Gasteiger partial charge is 0.338 e. The van der Waals surface area contributed by atoms with Gasteiger partial charge in [-0.2, -0.15) is 0 Å². The van der Waals surface area contributed by atoms with Gasteiger partial charge in [-0.25, -0.2) is 4.79 Å². The Morgan fingerprint density at radius 2 is 2.00 bits per heavy atom. The summed E-state index contributed by atoms with van der Waals surface area (Å²) in [4.78, 5) is 17.6. The molecule has 1 aromatic carbocycles. The van der Waals surface area contributed by atoms with Crippen LogP contribution >= 0.6 is 11.8 Å². The van der Waals surface area contributed by atoms with E-state index in [1.165, 1.54) is 17.7 Å². The Bertz CT molecular complexity index is 461. The Hall–Kier alpha value is -1.20. The number of benzene rings is 1. The van der Waals surface area contributed by atoms with E-state index in [0.717, 1.165) is 38.4 Å². The summed E-state index contributed by atoms with van der Waals surface area (Å²) in [6.45, 7) is 3.92. The molecule has 1 heterocycles. The molecular formula is C18H29N3OS. The second kappa shape index (κ2) is 9.83. The van der Waals surface area contributed by atoms with Gasteiger partial charge in [0, 0.05) is 25.0 Å². The van der Waals surface area contributed by atoms with E-state index < -0.39 is 0 Å². The Balaban J connectivity index is 1.55. The predicted octanol–water partition coefficient (Wildman–Crippen LogP) is 3.15. The van der Waals surface area contributed by atoms with Crippen molar-refractivity contribution in [1.29, 1.82) is 0 Å². The maximum atomic E-state index is 12.1. The SMILES string of the molecule is CN1CCC(CN(C)C(=O)NCCCSc2ccccc2)CC1. The van der Waals surface area contributed by atoms with Gasteiger partial charge < -0.3 is 15.1 Å². The van der Waals surface area contributed by atoms with E-state index in [4.69, 9.17) is 0 Å². The van der Waals surface area contributed by atoms with Crippen LogP contribution in [0.15, 0.2) is 35.2 Å². The smallest absolute Gasteiger partial charge is 0.317 e. The summed E-state index contributed by atoms with van der Waals surface area (Å²) in [5.74, 6) is 1.68. The van der Waals surface area contributed by atoms with E-state index >= 15 is 0 Å². The Morgan fingerprint density at radius 1 is 1.30 bits per heavy atom. The molecule has 1 fully saturated rings. The first-order valence-corrected chi connectivity index (χ1v) is 9.49. The third-order valence-corrected chi connectivity index (χ3v) is 5.42.